The fourth-order valence-electron chi connectivity index (χ4n) is 0.651. The van der Waals surface area contributed by atoms with Crippen LogP contribution in [0.2, 0.25) is 0 Å². The highest BCUT2D eigenvalue weighted by Gasteiger charge is 2.10. The Hall–Kier alpha value is -0.730. The second-order valence-corrected chi connectivity index (χ2v) is 3.78. The lowest BCUT2D eigenvalue weighted by atomic mass is 10.2. The minimum absolute atomic E-state index is 0.0127. The lowest BCUT2D eigenvalue weighted by Gasteiger charge is -2.22. The molecule has 0 saturated carbocycles. The summed E-state index contributed by atoms with van der Waals surface area (Å²) >= 11 is 0. The molecule has 0 spiro atoms. The van der Waals surface area contributed by atoms with Crippen LogP contribution in [0.1, 0.15) is 27.7 Å². The Bertz CT molecular complexity index is 143. The largest absolute Gasteiger partial charge is 0.338 e. The molecule has 1 N–H and O–H groups in total. The number of hydrogen-bond donors (Lipinski definition) is 1. The van der Waals surface area contributed by atoms with Crippen molar-refractivity contribution in [3.63, 3.8) is 0 Å². The summed E-state index contributed by atoms with van der Waals surface area (Å²) in [5.41, 5.74) is 0. The van der Waals surface area contributed by atoms with E-state index in [4.69, 9.17) is 0 Å². The standard InChI is InChI=1S/C9H20N2O/c1-7(2)6-10-9(12)11(5)8(3)4/h7-8H,6H2,1-5H3,(H,10,12). The number of hydrogen-bond acceptors (Lipinski definition) is 1. The smallest absolute Gasteiger partial charge is 0.317 e. The number of carbonyl (C=O) groups excluding carboxylic acids is 1. The molecule has 72 valence electrons. The third-order valence-electron chi connectivity index (χ3n) is 1.76. The summed E-state index contributed by atoms with van der Waals surface area (Å²) in [5, 5.41) is 2.85. The first-order valence-electron chi connectivity index (χ1n) is 4.45. The zero-order valence-corrected chi connectivity index (χ0v) is 8.72. The van der Waals surface area contributed by atoms with Crippen LogP contribution in [0, 0.1) is 5.92 Å². The number of amides is 2. The van der Waals surface area contributed by atoms with Gasteiger partial charge in [-0.1, -0.05) is 13.8 Å². The van der Waals surface area contributed by atoms with Crippen LogP contribution in [0.3, 0.4) is 0 Å². The van der Waals surface area contributed by atoms with Crippen LogP contribution in [0.5, 0.6) is 0 Å². The van der Waals surface area contributed by atoms with Crippen LogP contribution in [0.15, 0.2) is 0 Å². The fourth-order valence-corrected chi connectivity index (χ4v) is 0.651. The van der Waals surface area contributed by atoms with Crippen molar-refractivity contribution in [1.29, 1.82) is 0 Å². The van der Waals surface area contributed by atoms with Gasteiger partial charge in [-0.3, -0.25) is 0 Å². The van der Waals surface area contributed by atoms with Gasteiger partial charge in [0.25, 0.3) is 0 Å². The molecular weight excluding hydrogens is 152 g/mol. The lowest BCUT2D eigenvalue weighted by Crippen LogP contribution is -2.42. The van der Waals surface area contributed by atoms with Crippen LogP contribution >= 0.6 is 0 Å². The molecule has 0 rings (SSSR count). The van der Waals surface area contributed by atoms with Crippen molar-refractivity contribution in [3.8, 4) is 0 Å². The van der Waals surface area contributed by atoms with E-state index in [2.05, 4.69) is 19.2 Å². The van der Waals surface area contributed by atoms with Gasteiger partial charge in [0.05, 0.1) is 0 Å². The van der Waals surface area contributed by atoms with Gasteiger partial charge >= 0.3 is 6.03 Å². The fraction of sp³-hybridized carbons (Fsp3) is 0.889. The average Bonchev–Trinajstić information content (AvgIpc) is 1.98. The summed E-state index contributed by atoms with van der Waals surface area (Å²) in [6.45, 7) is 8.89. The van der Waals surface area contributed by atoms with E-state index in [0.29, 0.717) is 5.92 Å². The van der Waals surface area contributed by atoms with Crippen molar-refractivity contribution >= 4 is 6.03 Å². The van der Waals surface area contributed by atoms with Crippen molar-refractivity contribution < 1.29 is 4.79 Å². The van der Waals surface area contributed by atoms with Gasteiger partial charge in [0.15, 0.2) is 0 Å². The summed E-state index contributed by atoms with van der Waals surface area (Å²) in [7, 11) is 1.81. The van der Waals surface area contributed by atoms with Gasteiger partial charge in [-0.15, -0.1) is 0 Å². The van der Waals surface area contributed by atoms with Gasteiger partial charge in [-0.2, -0.15) is 0 Å². The Kier molecular flexibility index (Phi) is 4.71. The molecule has 2 amide bonds. The van der Waals surface area contributed by atoms with Crippen LogP contribution in [-0.2, 0) is 0 Å². The Morgan fingerprint density at radius 3 is 2.17 bits per heavy atom. The number of nitrogens with one attached hydrogen (secondary N) is 1. The normalized spacial score (nSPS) is 10.6. The van der Waals surface area contributed by atoms with E-state index < -0.39 is 0 Å². The first-order chi connectivity index (χ1) is 5.45. The van der Waals surface area contributed by atoms with Crippen LogP contribution in [0.4, 0.5) is 4.79 Å². The summed E-state index contributed by atoms with van der Waals surface area (Å²) in [5.74, 6) is 0.509. The van der Waals surface area contributed by atoms with Crippen molar-refractivity contribution in [3.05, 3.63) is 0 Å². The van der Waals surface area contributed by atoms with Crippen molar-refractivity contribution in [2.45, 2.75) is 33.7 Å². The molecule has 0 bridgehead atoms. The molecule has 0 aliphatic carbocycles. The number of carbonyl (C=O) groups is 1. The molecule has 3 heteroatoms. The molecule has 0 atom stereocenters. The summed E-state index contributed by atoms with van der Waals surface area (Å²) < 4.78 is 0. The van der Waals surface area contributed by atoms with Gasteiger partial charge in [-0.05, 0) is 19.8 Å². The van der Waals surface area contributed by atoms with Crippen molar-refractivity contribution in [2.24, 2.45) is 5.92 Å². The third kappa shape index (κ3) is 4.21. The average molecular weight is 172 g/mol. The Morgan fingerprint density at radius 1 is 1.33 bits per heavy atom. The Morgan fingerprint density at radius 2 is 1.83 bits per heavy atom. The predicted molar refractivity (Wildman–Crippen MR) is 51.1 cm³/mol. The maximum Gasteiger partial charge on any atom is 0.317 e. The lowest BCUT2D eigenvalue weighted by molar-refractivity contribution is 0.196. The molecule has 12 heavy (non-hydrogen) atoms. The molecule has 0 saturated heterocycles. The maximum atomic E-state index is 11.3. The van der Waals surface area contributed by atoms with E-state index >= 15 is 0 Å². The summed E-state index contributed by atoms with van der Waals surface area (Å²) in [4.78, 5) is 13.0. The number of nitrogens with zero attached hydrogens (tertiary/aromatic N) is 1. The van der Waals surface area contributed by atoms with E-state index in [-0.39, 0.29) is 12.1 Å². The van der Waals surface area contributed by atoms with Crippen molar-refractivity contribution in [1.82, 2.24) is 10.2 Å². The number of rotatable bonds is 3. The van der Waals surface area contributed by atoms with E-state index in [9.17, 15) is 4.79 Å². The van der Waals surface area contributed by atoms with E-state index in [1.54, 1.807) is 11.9 Å². The molecule has 0 unspecified atom stereocenters. The molecule has 3 nitrogen and oxygen atoms in total. The maximum absolute atomic E-state index is 11.3. The van der Waals surface area contributed by atoms with Crippen LogP contribution < -0.4 is 5.32 Å². The van der Waals surface area contributed by atoms with Gasteiger partial charge in [-0.25, -0.2) is 4.79 Å². The topological polar surface area (TPSA) is 32.3 Å². The summed E-state index contributed by atoms with van der Waals surface area (Å²) in [6, 6.07) is 0.274. The van der Waals surface area contributed by atoms with Gasteiger partial charge in [0, 0.05) is 19.6 Å². The molecule has 0 heterocycles. The van der Waals surface area contributed by atoms with Crippen LogP contribution in [0.25, 0.3) is 0 Å². The van der Waals surface area contributed by atoms with Gasteiger partial charge in [0.1, 0.15) is 0 Å². The van der Waals surface area contributed by atoms with Gasteiger partial charge < -0.3 is 10.2 Å². The number of urea groups is 1. The third-order valence-corrected chi connectivity index (χ3v) is 1.76. The van der Waals surface area contributed by atoms with Crippen LogP contribution in [-0.4, -0.2) is 30.6 Å². The first-order valence-corrected chi connectivity index (χ1v) is 4.45. The molecule has 0 aromatic carbocycles. The van der Waals surface area contributed by atoms with Crippen molar-refractivity contribution in [2.75, 3.05) is 13.6 Å². The molecule has 0 aromatic rings. The highest BCUT2D eigenvalue weighted by atomic mass is 16.2. The molecular formula is C9H20N2O. The summed E-state index contributed by atoms with van der Waals surface area (Å²) in [6.07, 6.45) is 0. The van der Waals surface area contributed by atoms with Gasteiger partial charge in [0.2, 0.25) is 0 Å². The second kappa shape index (κ2) is 5.01. The quantitative estimate of drug-likeness (QED) is 0.690. The molecule has 0 aliphatic heterocycles. The highest BCUT2D eigenvalue weighted by molar-refractivity contribution is 5.74. The first kappa shape index (κ1) is 11.3. The predicted octanol–water partition coefficient (Wildman–Crippen LogP) is 1.69. The zero-order chi connectivity index (χ0) is 9.72. The molecule has 0 fully saturated rings. The monoisotopic (exact) mass is 172 g/mol. The van der Waals surface area contributed by atoms with E-state index in [1.807, 2.05) is 13.8 Å². The highest BCUT2D eigenvalue weighted by Crippen LogP contribution is 1.94. The van der Waals surface area contributed by atoms with E-state index in [0.717, 1.165) is 6.54 Å². The minimum Gasteiger partial charge on any atom is -0.338 e. The molecule has 0 aromatic heterocycles. The second-order valence-electron chi connectivity index (χ2n) is 3.78. The molecule has 0 aliphatic rings. The zero-order valence-electron chi connectivity index (χ0n) is 8.72. The molecule has 0 radical (unpaired) electrons. The Labute approximate surface area is 75.1 Å². The SMILES string of the molecule is CC(C)CNC(=O)N(C)C(C)C. The van der Waals surface area contributed by atoms with E-state index in [1.165, 1.54) is 0 Å². The minimum atomic E-state index is 0.0127. The Balaban J connectivity index is 3.72.